The van der Waals surface area contributed by atoms with E-state index in [1.54, 1.807) is 23.5 Å². The fourth-order valence-electron chi connectivity index (χ4n) is 1.43. The van der Waals surface area contributed by atoms with Crippen LogP contribution in [0.2, 0.25) is 5.02 Å². The van der Waals surface area contributed by atoms with Gasteiger partial charge in [0.25, 0.3) is 0 Å². The standard InChI is InChI=1S/C12H9ClO2S/c1-7-2-5-11(16-7)8-3-4-10(13)9(6-8)12(14)15/h2-6H,1H3,(H,14,15). The van der Waals surface area contributed by atoms with Gasteiger partial charge in [-0.1, -0.05) is 17.7 Å². The minimum Gasteiger partial charge on any atom is -0.478 e. The molecule has 82 valence electrons. The van der Waals surface area contributed by atoms with Crippen molar-refractivity contribution < 1.29 is 9.90 Å². The minimum atomic E-state index is -1.000. The lowest BCUT2D eigenvalue weighted by Crippen LogP contribution is -1.97. The van der Waals surface area contributed by atoms with Crippen molar-refractivity contribution in [3.8, 4) is 10.4 Å². The molecule has 1 N–H and O–H groups in total. The number of thiophene rings is 1. The van der Waals surface area contributed by atoms with Gasteiger partial charge >= 0.3 is 5.97 Å². The van der Waals surface area contributed by atoms with Crippen LogP contribution in [0.25, 0.3) is 10.4 Å². The van der Waals surface area contributed by atoms with Crippen molar-refractivity contribution in [3.63, 3.8) is 0 Å². The number of carbonyl (C=O) groups is 1. The summed E-state index contributed by atoms with van der Waals surface area (Å²) in [5, 5.41) is 9.23. The number of hydrogen-bond donors (Lipinski definition) is 1. The second-order valence-corrected chi connectivity index (χ2v) is 5.11. The molecule has 0 spiro atoms. The molecule has 0 bridgehead atoms. The third kappa shape index (κ3) is 2.10. The Bertz CT molecular complexity index is 546. The van der Waals surface area contributed by atoms with Crippen molar-refractivity contribution in [1.82, 2.24) is 0 Å². The fourth-order valence-corrected chi connectivity index (χ4v) is 2.49. The van der Waals surface area contributed by atoms with Gasteiger partial charge in [0.2, 0.25) is 0 Å². The molecule has 0 aliphatic rings. The number of hydrogen-bond acceptors (Lipinski definition) is 2. The van der Waals surface area contributed by atoms with Crippen LogP contribution < -0.4 is 0 Å². The van der Waals surface area contributed by atoms with Gasteiger partial charge in [-0.15, -0.1) is 11.3 Å². The number of aryl methyl sites for hydroxylation is 1. The zero-order valence-corrected chi connectivity index (χ0v) is 10.1. The summed E-state index contributed by atoms with van der Waals surface area (Å²) in [5.41, 5.74) is 1.03. The Hall–Kier alpha value is -1.32. The van der Waals surface area contributed by atoms with Gasteiger partial charge in [-0.2, -0.15) is 0 Å². The van der Waals surface area contributed by atoms with Gasteiger partial charge in [0.1, 0.15) is 0 Å². The maximum absolute atomic E-state index is 10.9. The number of aromatic carboxylic acids is 1. The summed E-state index contributed by atoms with van der Waals surface area (Å²) < 4.78 is 0. The molecule has 16 heavy (non-hydrogen) atoms. The summed E-state index contributed by atoms with van der Waals surface area (Å²) in [4.78, 5) is 13.2. The number of carboxylic acid groups (broad SMARTS) is 1. The Kier molecular flexibility index (Phi) is 2.99. The highest BCUT2D eigenvalue weighted by Gasteiger charge is 2.10. The first kappa shape index (κ1) is 11.2. The molecule has 0 unspecified atom stereocenters. The molecule has 0 atom stereocenters. The maximum atomic E-state index is 10.9. The van der Waals surface area contributed by atoms with Gasteiger partial charge in [0, 0.05) is 9.75 Å². The number of halogens is 1. The summed E-state index contributed by atoms with van der Waals surface area (Å²) in [7, 11) is 0. The molecule has 1 aromatic heterocycles. The van der Waals surface area contributed by atoms with E-state index in [0.717, 1.165) is 10.4 Å². The zero-order chi connectivity index (χ0) is 11.7. The Morgan fingerprint density at radius 2 is 2.06 bits per heavy atom. The Balaban J connectivity index is 2.51. The Labute approximate surface area is 102 Å². The van der Waals surface area contributed by atoms with E-state index in [9.17, 15) is 4.79 Å². The first-order valence-corrected chi connectivity index (χ1v) is 5.87. The normalized spacial score (nSPS) is 10.4. The van der Waals surface area contributed by atoms with E-state index in [-0.39, 0.29) is 10.6 Å². The smallest absolute Gasteiger partial charge is 0.337 e. The minimum absolute atomic E-state index is 0.144. The molecule has 0 aliphatic carbocycles. The van der Waals surface area contributed by atoms with E-state index >= 15 is 0 Å². The quantitative estimate of drug-likeness (QED) is 0.875. The summed E-state index contributed by atoms with van der Waals surface area (Å²) in [6, 6.07) is 9.05. The molecular formula is C12H9ClO2S. The highest BCUT2D eigenvalue weighted by Crippen LogP contribution is 2.30. The van der Waals surface area contributed by atoms with Crippen LogP contribution >= 0.6 is 22.9 Å². The van der Waals surface area contributed by atoms with Crippen LogP contribution in [0.15, 0.2) is 30.3 Å². The predicted molar refractivity (Wildman–Crippen MR) is 66.5 cm³/mol. The van der Waals surface area contributed by atoms with Gasteiger partial charge in [-0.25, -0.2) is 4.79 Å². The van der Waals surface area contributed by atoms with Crippen LogP contribution in [0, 0.1) is 6.92 Å². The lowest BCUT2D eigenvalue weighted by Gasteiger charge is -2.02. The predicted octanol–water partition coefficient (Wildman–Crippen LogP) is 4.08. The van der Waals surface area contributed by atoms with Crippen LogP contribution in [0.5, 0.6) is 0 Å². The Morgan fingerprint density at radius 3 is 2.62 bits per heavy atom. The summed E-state index contributed by atoms with van der Waals surface area (Å²) in [5.74, 6) is -1.000. The molecular weight excluding hydrogens is 244 g/mol. The fraction of sp³-hybridized carbons (Fsp3) is 0.0833. The Morgan fingerprint density at radius 1 is 1.31 bits per heavy atom. The van der Waals surface area contributed by atoms with E-state index in [1.807, 2.05) is 25.1 Å². The summed E-state index contributed by atoms with van der Waals surface area (Å²) in [6.45, 7) is 2.02. The van der Waals surface area contributed by atoms with Crippen molar-refractivity contribution in [2.45, 2.75) is 6.92 Å². The highest BCUT2D eigenvalue weighted by molar-refractivity contribution is 7.15. The van der Waals surface area contributed by atoms with Crippen molar-refractivity contribution in [1.29, 1.82) is 0 Å². The monoisotopic (exact) mass is 252 g/mol. The van der Waals surface area contributed by atoms with Crippen LogP contribution in [0.1, 0.15) is 15.2 Å². The van der Waals surface area contributed by atoms with Crippen molar-refractivity contribution >= 4 is 28.9 Å². The summed E-state index contributed by atoms with van der Waals surface area (Å²) >= 11 is 7.44. The maximum Gasteiger partial charge on any atom is 0.337 e. The molecule has 0 radical (unpaired) electrons. The molecule has 1 aromatic carbocycles. The molecule has 1 heterocycles. The van der Waals surface area contributed by atoms with Gasteiger partial charge < -0.3 is 5.11 Å². The largest absolute Gasteiger partial charge is 0.478 e. The van der Waals surface area contributed by atoms with E-state index in [2.05, 4.69) is 0 Å². The third-order valence-corrected chi connectivity index (χ3v) is 3.60. The van der Waals surface area contributed by atoms with Gasteiger partial charge in [-0.3, -0.25) is 0 Å². The molecule has 0 aliphatic heterocycles. The molecule has 0 amide bonds. The first-order valence-electron chi connectivity index (χ1n) is 4.67. The van der Waals surface area contributed by atoms with Crippen molar-refractivity contribution in [3.05, 3.63) is 45.8 Å². The number of carboxylic acids is 1. The SMILES string of the molecule is Cc1ccc(-c2ccc(Cl)c(C(=O)O)c2)s1. The van der Waals surface area contributed by atoms with E-state index in [0.29, 0.717) is 0 Å². The second kappa shape index (κ2) is 4.28. The van der Waals surface area contributed by atoms with Crippen LogP contribution in [-0.4, -0.2) is 11.1 Å². The van der Waals surface area contributed by atoms with Gasteiger partial charge in [0.05, 0.1) is 10.6 Å². The molecule has 0 saturated carbocycles. The van der Waals surface area contributed by atoms with Crippen molar-refractivity contribution in [2.75, 3.05) is 0 Å². The molecule has 2 rings (SSSR count). The van der Waals surface area contributed by atoms with E-state index in [4.69, 9.17) is 16.7 Å². The van der Waals surface area contributed by atoms with Crippen LogP contribution in [0.3, 0.4) is 0 Å². The van der Waals surface area contributed by atoms with Gasteiger partial charge in [0.15, 0.2) is 0 Å². The molecule has 2 aromatic rings. The number of rotatable bonds is 2. The van der Waals surface area contributed by atoms with E-state index in [1.165, 1.54) is 4.88 Å². The molecule has 2 nitrogen and oxygen atoms in total. The van der Waals surface area contributed by atoms with Crippen molar-refractivity contribution in [2.24, 2.45) is 0 Å². The second-order valence-electron chi connectivity index (χ2n) is 3.41. The highest BCUT2D eigenvalue weighted by atomic mass is 35.5. The first-order chi connectivity index (χ1) is 7.58. The van der Waals surface area contributed by atoms with E-state index < -0.39 is 5.97 Å². The van der Waals surface area contributed by atoms with Crippen LogP contribution in [-0.2, 0) is 0 Å². The third-order valence-electron chi connectivity index (χ3n) is 2.22. The average molecular weight is 253 g/mol. The average Bonchev–Trinajstić information content (AvgIpc) is 2.65. The lowest BCUT2D eigenvalue weighted by atomic mass is 10.1. The van der Waals surface area contributed by atoms with Crippen LogP contribution in [0.4, 0.5) is 0 Å². The number of benzene rings is 1. The topological polar surface area (TPSA) is 37.3 Å². The summed E-state index contributed by atoms with van der Waals surface area (Å²) in [6.07, 6.45) is 0. The zero-order valence-electron chi connectivity index (χ0n) is 8.53. The lowest BCUT2D eigenvalue weighted by molar-refractivity contribution is 0.0697. The molecule has 4 heteroatoms. The molecule has 0 fully saturated rings. The molecule has 0 saturated heterocycles. The van der Waals surface area contributed by atoms with Gasteiger partial charge in [-0.05, 0) is 36.8 Å².